The van der Waals surface area contributed by atoms with E-state index < -0.39 is 12.6 Å². The molecule has 1 N–H and O–H groups in total. The van der Waals surface area contributed by atoms with Crippen molar-refractivity contribution in [2.75, 3.05) is 6.54 Å². The van der Waals surface area contributed by atoms with Gasteiger partial charge in [-0.1, -0.05) is 26.2 Å². The fourth-order valence-electron chi connectivity index (χ4n) is 2.31. The largest absolute Gasteiger partial charge is 0.390 e. The van der Waals surface area contributed by atoms with E-state index >= 15 is 0 Å². The lowest BCUT2D eigenvalue weighted by Crippen LogP contribution is -2.32. The van der Waals surface area contributed by atoms with Crippen LogP contribution in [0.25, 0.3) is 0 Å². The zero-order valence-electron chi connectivity index (χ0n) is 9.24. The van der Waals surface area contributed by atoms with Gasteiger partial charge in [-0.15, -0.1) is 0 Å². The van der Waals surface area contributed by atoms with Gasteiger partial charge in [0, 0.05) is 6.04 Å². The van der Waals surface area contributed by atoms with E-state index in [1.807, 2.05) is 0 Å². The molecule has 15 heavy (non-hydrogen) atoms. The molecule has 0 aliphatic carbocycles. The van der Waals surface area contributed by atoms with Crippen LogP contribution >= 0.6 is 0 Å². The van der Waals surface area contributed by atoms with Crippen molar-refractivity contribution in [2.45, 2.75) is 57.7 Å². The molecule has 0 aromatic rings. The van der Waals surface area contributed by atoms with Crippen LogP contribution in [0.2, 0.25) is 0 Å². The van der Waals surface area contributed by atoms with E-state index in [4.69, 9.17) is 0 Å². The summed E-state index contributed by atoms with van der Waals surface area (Å²) in [6, 6.07) is -0.332. The number of hydrogen-bond acceptors (Lipinski definition) is 1. The van der Waals surface area contributed by atoms with E-state index in [2.05, 4.69) is 12.2 Å². The summed E-state index contributed by atoms with van der Waals surface area (Å²) in [6.45, 7) is 2.86. The molecule has 2 unspecified atom stereocenters. The van der Waals surface area contributed by atoms with Gasteiger partial charge in [0.2, 0.25) is 0 Å². The smallest absolute Gasteiger partial charge is 0.313 e. The van der Waals surface area contributed by atoms with Crippen LogP contribution in [0.15, 0.2) is 0 Å². The summed E-state index contributed by atoms with van der Waals surface area (Å²) in [5.41, 5.74) is 0. The minimum absolute atomic E-state index is 0.234. The molecular weight excluding hydrogens is 203 g/mol. The lowest BCUT2D eigenvalue weighted by Gasteiger charge is -2.20. The van der Waals surface area contributed by atoms with Crippen molar-refractivity contribution in [3.63, 3.8) is 0 Å². The first kappa shape index (κ1) is 12.8. The zero-order valence-corrected chi connectivity index (χ0v) is 9.24. The second kappa shape index (κ2) is 5.73. The Morgan fingerprint density at radius 3 is 2.60 bits per heavy atom. The predicted molar refractivity (Wildman–Crippen MR) is 54.7 cm³/mol. The highest BCUT2D eigenvalue weighted by molar-refractivity contribution is 4.85. The molecule has 0 bridgehead atoms. The minimum Gasteiger partial charge on any atom is -0.313 e. The van der Waals surface area contributed by atoms with Crippen LogP contribution in [0.1, 0.15) is 45.4 Å². The van der Waals surface area contributed by atoms with Crippen molar-refractivity contribution in [1.29, 1.82) is 0 Å². The third-order valence-electron chi connectivity index (χ3n) is 3.12. The van der Waals surface area contributed by atoms with Gasteiger partial charge in [0.1, 0.15) is 0 Å². The van der Waals surface area contributed by atoms with Crippen molar-refractivity contribution >= 4 is 0 Å². The van der Waals surface area contributed by atoms with Gasteiger partial charge in [-0.05, 0) is 25.3 Å². The van der Waals surface area contributed by atoms with E-state index in [1.165, 1.54) is 0 Å². The van der Waals surface area contributed by atoms with Crippen molar-refractivity contribution in [1.82, 2.24) is 5.32 Å². The van der Waals surface area contributed by atoms with E-state index in [1.54, 1.807) is 0 Å². The van der Waals surface area contributed by atoms with Crippen LogP contribution in [0.5, 0.6) is 0 Å². The third-order valence-corrected chi connectivity index (χ3v) is 3.12. The van der Waals surface area contributed by atoms with Crippen LogP contribution in [0.4, 0.5) is 13.2 Å². The van der Waals surface area contributed by atoms with Crippen LogP contribution < -0.4 is 5.32 Å². The minimum atomic E-state index is -4.02. The van der Waals surface area contributed by atoms with Crippen LogP contribution in [-0.2, 0) is 0 Å². The van der Waals surface area contributed by atoms with Gasteiger partial charge < -0.3 is 5.32 Å². The summed E-state index contributed by atoms with van der Waals surface area (Å²) in [6.07, 6.45) is 0.497. The molecule has 1 aliphatic rings. The molecule has 90 valence electrons. The number of hydrogen-bond donors (Lipinski definition) is 1. The Morgan fingerprint density at radius 1 is 1.27 bits per heavy atom. The molecule has 0 radical (unpaired) electrons. The molecule has 1 nitrogen and oxygen atoms in total. The van der Waals surface area contributed by atoms with Gasteiger partial charge in [0.05, 0.1) is 6.42 Å². The normalized spacial score (nSPS) is 27.2. The molecule has 2 atom stereocenters. The van der Waals surface area contributed by atoms with Crippen LogP contribution in [0.3, 0.4) is 0 Å². The van der Waals surface area contributed by atoms with Gasteiger partial charge in [-0.3, -0.25) is 0 Å². The number of nitrogens with one attached hydrogen (secondary N) is 1. The summed E-state index contributed by atoms with van der Waals surface area (Å²) in [4.78, 5) is 0. The first-order chi connectivity index (χ1) is 7.03. The maximum Gasteiger partial charge on any atom is 0.390 e. The van der Waals surface area contributed by atoms with Crippen molar-refractivity contribution in [3.8, 4) is 0 Å². The molecule has 0 aromatic carbocycles. The highest BCUT2D eigenvalue weighted by Crippen LogP contribution is 2.31. The highest BCUT2D eigenvalue weighted by Gasteiger charge is 2.37. The lowest BCUT2D eigenvalue weighted by molar-refractivity contribution is -0.141. The molecular formula is C11H20F3N. The highest BCUT2D eigenvalue weighted by atomic mass is 19.4. The van der Waals surface area contributed by atoms with E-state index in [9.17, 15) is 13.2 Å². The standard InChI is InChI=1S/C11H20F3N/c1-2-3-4-5-9-6-7-15-10(9)8-11(12,13)14/h9-10,15H,2-8H2,1H3. The second-order valence-corrected chi connectivity index (χ2v) is 4.42. The quantitative estimate of drug-likeness (QED) is 0.703. The van der Waals surface area contributed by atoms with Gasteiger partial charge >= 0.3 is 6.18 Å². The average molecular weight is 223 g/mol. The Hall–Kier alpha value is -0.250. The zero-order chi connectivity index (χ0) is 11.3. The van der Waals surface area contributed by atoms with Gasteiger partial charge in [-0.25, -0.2) is 0 Å². The predicted octanol–water partition coefficient (Wildman–Crippen LogP) is 3.50. The Kier molecular flexibility index (Phi) is 4.90. The average Bonchev–Trinajstić information content (AvgIpc) is 2.50. The molecule has 1 saturated heterocycles. The monoisotopic (exact) mass is 223 g/mol. The molecule has 0 amide bonds. The fraction of sp³-hybridized carbons (Fsp3) is 1.00. The second-order valence-electron chi connectivity index (χ2n) is 4.42. The van der Waals surface area contributed by atoms with E-state index in [0.717, 1.165) is 38.6 Å². The van der Waals surface area contributed by atoms with Gasteiger partial charge in [-0.2, -0.15) is 13.2 Å². The van der Waals surface area contributed by atoms with Gasteiger partial charge in [0.25, 0.3) is 0 Å². The first-order valence-electron chi connectivity index (χ1n) is 5.83. The van der Waals surface area contributed by atoms with E-state index in [0.29, 0.717) is 0 Å². The SMILES string of the molecule is CCCCCC1CCNC1CC(F)(F)F. The van der Waals surface area contributed by atoms with Crippen LogP contribution in [0, 0.1) is 5.92 Å². The van der Waals surface area contributed by atoms with Crippen LogP contribution in [-0.4, -0.2) is 18.8 Å². The molecule has 1 rings (SSSR count). The number of alkyl halides is 3. The molecule has 1 aliphatic heterocycles. The molecule has 1 fully saturated rings. The summed E-state index contributed by atoms with van der Waals surface area (Å²) in [5.74, 6) is 0.234. The Balaban J connectivity index is 2.29. The maximum atomic E-state index is 12.2. The number of rotatable bonds is 5. The number of halogens is 3. The van der Waals surface area contributed by atoms with E-state index in [-0.39, 0.29) is 12.0 Å². The summed E-state index contributed by atoms with van der Waals surface area (Å²) >= 11 is 0. The van der Waals surface area contributed by atoms with Crippen molar-refractivity contribution < 1.29 is 13.2 Å². The Bertz CT molecular complexity index is 179. The maximum absolute atomic E-state index is 12.2. The summed E-state index contributed by atoms with van der Waals surface area (Å²) < 4.78 is 36.7. The van der Waals surface area contributed by atoms with Crippen molar-refractivity contribution in [3.05, 3.63) is 0 Å². The third kappa shape index (κ3) is 4.87. The molecule has 0 aromatic heterocycles. The topological polar surface area (TPSA) is 12.0 Å². The first-order valence-corrected chi connectivity index (χ1v) is 5.83. The number of unbranched alkanes of at least 4 members (excludes halogenated alkanes) is 2. The van der Waals surface area contributed by atoms with Crippen molar-refractivity contribution in [2.24, 2.45) is 5.92 Å². The Morgan fingerprint density at radius 2 is 2.00 bits per heavy atom. The molecule has 0 spiro atoms. The molecule has 4 heteroatoms. The Labute approximate surface area is 89.4 Å². The molecule has 0 saturated carbocycles. The lowest BCUT2D eigenvalue weighted by atomic mass is 9.92. The molecule has 1 heterocycles. The van der Waals surface area contributed by atoms with Gasteiger partial charge in [0.15, 0.2) is 0 Å². The summed E-state index contributed by atoms with van der Waals surface area (Å²) in [5, 5.41) is 2.97. The summed E-state index contributed by atoms with van der Waals surface area (Å²) in [7, 11) is 0. The fourth-order valence-corrected chi connectivity index (χ4v) is 2.31.